The SMILES string of the molecule is CCOc1cc2nc(C(NC(=O)c3ccnn3CC)C3CCC(F)(F)CC3)cn2nc1CC1CCCNC1=O. The van der Waals surface area contributed by atoms with Gasteiger partial charge in [0.25, 0.3) is 5.91 Å². The normalized spacial score (nSPS) is 20.5. The summed E-state index contributed by atoms with van der Waals surface area (Å²) in [6, 6.07) is 2.84. The maximum absolute atomic E-state index is 14.0. The van der Waals surface area contributed by atoms with Crippen molar-refractivity contribution in [2.75, 3.05) is 13.2 Å². The van der Waals surface area contributed by atoms with E-state index in [1.54, 1.807) is 33.7 Å². The number of aromatic nitrogens is 5. The number of carbonyl (C=O) groups is 2. The molecule has 1 saturated carbocycles. The summed E-state index contributed by atoms with van der Waals surface area (Å²) in [4.78, 5) is 30.4. The summed E-state index contributed by atoms with van der Waals surface area (Å²) in [6.07, 6.45) is 5.49. The Balaban J connectivity index is 1.48. The van der Waals surface area contributed by atoms with Crippen LogP contribution >= 0.6 is 0 Å². The van der Waals surface area contributed by atoms with Crippen molar-refractivity contribution in [2.45, 2.75) is 77.3 Å². The van der Waals surface area contributed by atoms with Gasteiger partial charge in [-0.15, -0.1) is 0 Å². The predicted molar refractivity (Wildman–Crippen MR) is 139 cm³/mol. The van der Waals surface area contributed by atoms with E-state index in [2.05, 4.69) is 15.7 Å². The smallest absolute Gasteiger partial charge is 0.270 e. The highest BCUT2D eigenvalue weighted by Crippen LogP contribution is 2.41. The monoisotopic (exact) mass is 543 g/mol. The molecule has 2 aliphatic rings. The number of nitrogens with zero attached hydrogens (tertiary/aromatic N) is 5. The fraction of sp³-hybridized carbons (Fsp3) is 0.593. The first-order valence-electron chi connectivity index (χ1n) is 13.8. The second kappa shape index (κ2) is 11.3. The van der Waals surface area contributed by atoms with Crippen LogP contribution in [-0.2, 0) is 17.8 Å². The van der Waals surface area contributed by atoms with Crippen molar-refractivity contribution < 1.29 is 23.1 Å². The molecule has 10 nitrogen and oxygen atoms in total. The number of nitrogens with one attached hydrogen (secondary N) is 2. The standard InChI is InChI=1S/C27H35F2N7O3/c1-3-35-21(9-13-31-35)26(38)33-24(17-7-10-27(28,29)11-8-17)20-16-36-23(32-20)15-22(39-4-2)19(34-36)14-18-6-5-12-30-25(18)37/h9,13,15-18,24H,3-8,10-12,14H2,1-2H3,(H,30,37)(H,33,38). The van der Waals surface area contributed by atoms with Gasteiger partial charge in [0.1, 0.15) is 17.1 Å². The molecule has 1 saturated heterocycles. The summed E-state index contributed by atoms with van der Waals surface area (Å²) < 4.78 is 37.1. The average Bonchev–Trinajstić information content (AvgIpc) is 3.56. The lowest BCUT2D eigenvalue weighted by Crippen LogP contribution is -2.38. The zero-order valence-electron chi connectivity index (χ0n) is 22.3. The lowest BCUT2D eigenvalue weighted by atomic mass is 9.81. The minimum absolute atomic E-state index is 0.0140. The number of hydrogen-bond acceptors (Lipinski definition) is 6. The second-order valence-corrected chi connectivity index (χ2v) is 10.4. The topological polar surface area (TPSA) is 115 Å². The van der Waals surface area contributed by atoms with Gasteiger partial charge in [-0.05, 0) is 51.5 Å². The Morgan fingerprint density at radius 1 is 1.28 bits per heavy atom. The van der Waals surface area contributed by atoms with Crippen LogP contribution in [0.1, 0.15) is 80.3 Å². The van der Waals surface area contributed by atoms with Gasteiger partial charge in [-0.25, -0.2) is 18.3 Å². The molecule has 2 fully saturated rings. The van der Waals surface area contributed by atoms with E-state index in [1.807, 2.05) is 13.8 Å². The van der Waals surface area contributed by atoms with E-state index in [0.717, 1.165) is 12.8 Å². The summed E-state index contributed by atoms with van der Waals surface area (Å²) in [5, 5.41) is 14.9. The molecule has 0 bridgehead atoms. The lowest BCUT2D eigenvalue weighted by molar-refractivity contribution is -0.126. The number of fused-ring (bicyclic) bond motifs is 1. The van der Waals surface area contributed by atoms with Crippen LogP contribution in [0.4, 0.5) is 8.78 Å². The van der Waals surface area contributed by atoms with Crippen LogP contribution < -0.4 is 15.4 Å². The van der Waals surface area contributed by atoms with Gasteiger partial charge in [-0.2, -0.15) is 10.2 Å². The first-order valence-corrected chi connectivity index (χ1v) is 13.8. The minimum atomic E-state index is -2.70. The van der Waals surface area contributed by atoms with Crippen molar-refractivity contribution in [3.8, 4) is 5.75 Å². The van der Waals surface area contributed by atoms with Crippen molar-refractivity contribution in [1.82, 2.24) is 35.0 Å². The largest absolute Gasteiger partial charge is 0.492 e. The van der Waals surface area contributed by atoms with Crippen LogP contribution in [-0.4, -0.2) is 55.3 Å². The molecule has 2 N–H and O–H groups in total. The first kappa shape index (κ1) is 27.0. The van der Waals surface area contributed by atoms with E-state index in [4.69, 9.17) is 14.8 Å². The van der Waals surface area contributed by atoms with Crippen molar-refractivity contribution in [3.63, 3.8) is 0 Å². The number of rotatable bonds is 9. The molecule has 0 radical (unpaired) electrons. The van der Waals surface area contributed by atoms with Crippen molar-refractivity contribution >= 4 is 17.5 Å². The molecule has 0 aromatic carbocycles. The summed E-state index contributed by atoms with van der Waals surface area (Å²) in [5.74, 6) is -2.86. The van der Waals surface area contributed by atoms with E-state index < -0.39 is 12.0 Å². The van der Waals surface area contributed by atoms with Gasteiger partial charge in [-0.1, -0.05) is 0 Å². The molecule has 2 unspecified atom stereocenters. The third-order valence-electron chi connectivity index (χ3n) is 7.73. The van der Waals surface area contributed by atoms with E-state index in [-0.39, 0.29) is 49.3 Å². The Morgan fingerprint density at radius 2 is 2.08 bits per heavy atom. The van der Waals surface area contributed by atoms with Crippen molar-refractivity contribution in [3.05, 3.63) is 41.6 Å². The molecule has 1 aliphatic carbocycles. The molecule has 3 aromatic heterocycles. The minimum Gasteiger partial charge on any atom is -0.492 e. The highest BCUT2D eigenvalue weighted by molar-refractivity contribution is 5.92. The highest BCUT2D eigenvalue weighted by Gasteiger charge is 2.39. The van der Waals surface area contributed by atoms with Crippen LogP contribution in [0.25, 0.3) is 5.65 Å². The molecule has 2 atom stereocenters. The zero-order chi connectivity index (χ0) is 27.6. The van der Waals surface area contributed by atoms with Crippen molar-refractivity contribution in [2.24, 2.45) is 11.8 Å². The number of piperidine rings is 1. The molecule has 2 amide bonds. The fourth-order valence-corrected chi connectivity index (χ4v) is 5.62. The van der Waals surface area contributed by atoms with Gasteiger partial charge in [0.05, 0.1) is 24.5 Å². The summed E-state index contributed by atoms with van der Waals surface area (Å²) in [7, 11) is 0. The molecule has 4 heterocycles. The maximum Gasteiger partial charge on any atom is 0.270 e. The van der Waals surface area contributed by atoms with E-state index in [9.17, 15) is 18.4 Å². The van der Waals surface area contributed by atoms with Gasteiger partial charge >= 0.3 is 0 Å². The van der Waals surface area contributed by atoms with Gasteiger partial charge in [0.15, 0.2) is 5.65 Å². The Kier molecular flexibility index (Phi) is 7.81. The summed E-state index contributed by atoms with van der Waals surface area (Å²) in [5.41, 5.74) is 2.12. The van der Waals surface area contributed by atoms with Crippen LogP contribution in [0.5, 0.6) is 5.75 Å². The number of imidazole rings is 1. The molecule has 12 heteroatoms. The number of aryl methyl sites for hydroxylation is 1. The maximum atomic E-state index is 14.0. The van der Waals surface area contributed by atoms with Crippen LogP contribution in [0.2, 0.25) is 0 Å². The number of carbonyl (C=O) groups excluding carboxylic acids is 2. The van der Waals surface area contributed by atoms with E-state index in [0.29, 0.717) is 54.6 Å². The van der Waals surface area contributed by atoms with Gasteiger partial charge in [0, 0.05) is 50.5 Å². The molecule has 0 spiro atoms. The number of halogens is 2. The Bertz CT molecular complexity index is 1330. The predicted octanol–water partition coefficient (Wildman–Crippen LogP) is 3.71. The zero-order valence-corrected chi connectivity index (χ0v) is 22.3. The summed E-state index contributed by atoms with van der Waals surface area (Å²) >= 11 is 0. The van der Waals surface area contributed by atoms with Gasteiger partial charge < -0.3 is 15.4 Å². The fourth-order valence-electron chi connectivity index (χ4n) is 5.62. The van der Waals surface area contributed by atoms with Crippen LogP contribution in [0, 0.1) is 11.8 Å². The molecule has 3 aromatic rings. The van der Waals surface area contributed by atoms with Gasteiger partial charge in [0.2, 0.25) is 11.8 Å². The molecular weight excluding hydrogens is 508 g/mol. The molecule has 5 rings (SSSR count). The first-order chi connectivity index (χ1) is 18.8. The third-order valence-corrected chi connectivity index (χ3v) is 7.73. The Labute approximate surface area is 225 Å². The highest BCUT2D eigenvalue weighted by atomic mass is 19.3. The number of ether oxygens (including phenoxy) is 1. The third kappa shape index (κ3) is 5.89. The summed E-state index contributed by atoms with van der Waals surface area (Å²) in [6.45, 7) is 5.41. The van der Waals surface area contributed by atoms with Crippen LogP contribution in [0.15, 0.2) is 24.5 Å². The number of amides is 2. The van der Waals surface area contributed by atoms with Crippen LogP contribution in [0.3, 0.4) is 0 Å². The number of alkyl halides is 2. The number of hydrogen-bond donors (Lipinski definition) is 2. The quantitative estimate of drug-likeness (QED) is 0.425. The Hall–Kier alpha value is -3.57. The van der Waals surface area contributed by atoms with E-state index in [1.165, 1.54) is 0 Å². The molecular formula is C27H35F2N7O3. The lowest BCUT2D eigenvalue weighted by Gasteiger charge is -2.33. The van der Waals surface area contributed by atoms with E-state index >= 15 is 0 Å². The Morgan fingerprint density at radius 3 is 2.79 bits per heavy atom. The molecule has 39 heavy (non-hydrogen) atoms. The van der Waals surface area contributed by atoms with Gasteiger partial charge in [-0.3, -0.25) is 14.3 Å². The van der Waals surface area contributed by atoms with Crippen molar-refractivity contribution in [1.29, 1.82) is 0 Å². The average molecular weight is 544 g/mol. The second-order valence-electron chi connectivity index (χ2n) is 10.4. The molecule has 1 aliphatic heterocycles. The molecule has 210 valence electrons.